The molecule has 0 bridgehead atoms. The van der Waals surface area contributed by atoms with Crippen molar-refractivity contribution in [2.24, 2.45) is 5.92 Å². The van der Waals surface area contributed by atoms with Crippen LogP contribution in [0.1, 0.15) is 52.4 Å². The molecule has 1 rings (SSSR count). The van der Waals surface area contributed by atoms with Crippen molar-refractivity contribution < 1.29 is 9.84 Å². The molecule has 1 aliphatic carbocycles. The predicted octanol–water partition coefficient (Wildman–Crippen LogP) is 2.33. The standard InChI is InChI=1S/C14H29NO2/c1-3-9-15-10-13(16)11-17-14-8-6-5-7-12(14)4-2/h12-16H,3-11H2,1-2H3/t12-,13+,14+/m1/s1. The van der Waals surface area contributed by atoms with Crippen molar-refractivity contribution >= 4 is 0 Å². The first-order valence-corrected chi connectivity index (χ1v) is 7.28. The number of ether oxygens (including phenoxy) is 1. The molecular weight excluding hydrogens is 214 g/mol. The molecule has 0 spiro atoms. The van der Waals surface area contributed by atoms with Crippen molar-refractivity contribution in [1.29, 1.82) is 0 Å². The summed E-state index contributed by atoms with van der Waals surface area (Å²) in [4.78, 5) is 0. The third-order valence-corrected chi connectivity index (χ3v) is 3.67. The summed E-state index contributed by atoms with van der Waals surface area (Å²) in [5.41, 5.74) is 0. The number of rotatable bonds is 8. The Kier molecular flexibility index (Phi) is 7.82. The zero-order valence-electron chi connectivity index (χ0n) is 11.5. The molecule has 1 fully saturated rings. The van der Waals surface area contributed by atoms with Gasteiger partial charge in [0.2, 0.25) is 0 Å². The summed E-state index contributed by atoms with van der Waals surface area (Å²) in [5.74, 6) is 0.708. The molecule has 0 heterocycles. The van der Waals surface area contributed by atoms with Crippen LogP contribution in [0.25, 0.3) is 0 Å². The van der Waals surface area contributed by atoms with E-state index in [1.54, 1.807) is 0 Å². The van der Waals surface area contributed by atoms with E-state index >= 15 is 0 Å². The van der Waals surface area contributed by atoms with E-state index in [1.165, 1.54) is 32.1 Å². The Labute approximate surface area is 106 Å². The second-order valence-corrected chi connectivity index (χ2v) is 5.18. The average molecular weight is 243 g/mol. The number of hydrogen-bond acceptors (Lipinski definition) is 3. The van der Waals surface area contributed by atoms with Crippen LogP contribution in [0, 0.1) is 5.92 Å². The van der Waals surface area contributed by atoms with Crippen molar-refractivity contribution in [3.05, 3.63) is 0 Å². The van der Waals surface area contributed by atoms with Crippen LogP contribution in [-0.2, 0) is 4.74 Å². The van der Waals surface area contributed by atoms with Gasteiger partial charge in [-0.15, -0.1) is 0 Å². The number of aliphatic hydroxyl groups excluding tert-OH is 1. The lowest BCUT2D eigenvalue weighted by molar-refractivity contribution is -0.0498. The van der Waals surface area contributed by atoms with Gasteiger partial charge in [-0.3, -0.25) is 0 Å². The fourth-order valence-corrected chi connectivity index (χ4v) is 2.60. The highest BCUT2D eigenvalue weighted by atomic mass is 16.5. The highest BCUT2D eigenvalue weighted by molar-refractivity contribution is 4.75. The summed E-state index contributed by atoms with van der Waals surface area (Å²) in [6.07, 6.45) is 7.43. The molecule has 0 aliphatic heterocycles. The molecule has 1 saturated carbocycles. The Balaban J connectivity index is 2.14. The molecule has 3 atom stereocenters. The Bertz CT molecular complexity index is 187. The van der Waals surface area contributed by atoms with E-state index in [9.17, 15) is 5.11 Å². The number of nitrogens with one attached hydrogen (secondary N) is 1. The summed E-state index contributed by atoms with van der Waals surface area (Å²) in [6.45, 7) is 6.47. The quantitative estimate of drug-likeness (QED) is 0.643. The van der Waals surface area contributed by atoms with Crippen molar-refractivity contribution in [2.75, 3.05) is 19.7 Å². The average Bonchev–Trinajstić information content (AvgIpc) is 2.37. The SMILES string of the molecule is CCCNC[C@H](O)CO[C@H]1CCCC[C@H]1CC. The van der Waals surface area contributed by atoms with Gasteiger partial charge in [-0.05, 0) is 31.7 Å². The highest BCUT2D eigenvalue weighted by Crippen LogP contribution is 2.29. The maximum Gasteiger partial charge on any atom is 0.0897 e. The minimum atomic E-state index is -0.360. The Morgan fingerprint density at radius 3 is 2.76 bits per heavy atom. The molecule has 3 heteroatoms. The summed E-state index contributed by atoms with van der Waals surface area (Å²) in [7, 11) is 0. The Morgan fingerprint density at radius 1 is 1.29 bits per heavy atom. The van der Waals surface area contributed by atoms with Gasteiger partial charge in [-0.2, -0.15) is 0 Å². The van der Waals surface area contributed by atoms with Crippen LogP contribution in [0.3, 0.4) is 0 Å². The molecule has 3 nitrogen and oxygen atoms in total. The third kappa shape index (κ3) is 5.84. The lowest BCUT2D eigenvalue weighted by Gasteiger charge is -2.31. The van der Waals surface area contributed by atoms with Crippen molar-refractivity contribution in [1.82, 2.24) is 5.32 Å². The lowest BCUT2D eigenvalue weighted by atomic mass is 9.85. The predicted molar refractivity (Wildman–Crippen MR) is 71.2 cm³/mol. The summed E-state index contributed by atoms with van der Waals surface area (Å²) in [6, 6.07) is 0. The van der Waals surface area contributed by atoms with Crippen molar-refractivity contribution in [3.63, 3.8) is 0 Å². The van der Waals surface area contributed by atoms with Crippen LogP contribution in [0.15, 0.2) is 0 Å². The summed E-state index contributed by atoms with van der Waals surface area (Å²) < 4.78 is 5.89. The maximum atomic E-state index is 9.78. The van der Waals surface area contributed by atoms with Gasteiger partial charge in [0.15, 0.2) is 0 Å². The van der Waals surface area contributed by atoms with Crippen molar-refractivity contribution in [3.8, 4) is 0 Å². The van der Waals surface area contributed by atoms with Crippen LogP contribution < -0.4 is 5.32 Å². The fourth-order valence-electron chi connectivity index (χ4n) is 2.60. The van der Waals surface area contributed by atoms with E-state index in [0.29, 0.717) is 25.2 Å². The van der Waals surface area contributed by atoms with Gasteiger partial charge >= 0.3 is 0 Å². The largest absolute Gasteiger partial charge is 0.389 e. The second-order valence-electron chi connectivity index (χ2n) is 5.18. The second kappa shape index (κ2) is 8.90. The highest BCUT2D eigenvalue weighted by Gasteiger charge is 2.24. The van der Waals surface area contributed by atoms with E-state index in [2.05, 4.69) is 19.2 Å². The molecule has 17 heavy (non-hydrogen) atoms. The Morgan fingerprint density at radius 2 is 2.06 bits per heavy atom. The van der Waals surface area contributed by atoms with Gasteiger partial charge in [-0.25, -0.2) is 0 Å². The van der Waals surface area contributed by atoms with E-state index in [4.69, 9.17) is 4.74 Å². The van der Waals surface area contributed by atoms with Gasteiger partial charge in [0.05, 0.1) is 18.8 Å². The van der Waals surface area contributed by atoms with Gasteiger partial charge in [-0.1, -0.05) is 33.1 Å². The van der Waals surface area contributed by atoms with Gasteiger partial charge in [0, 0.05) is 6.54 Å². The molecule has 0 aromatic rings. The van der Waals surface area contributed by atoms with E-state index in [0.717, 1.165) is 13.0 Å². The molecule has 0 radical (unpaired) electrons. The summed E-state index contributed by atoms with van der Waals surface area (Å²) in [5, 5.41) is 13.0. The van der Waals surface area contributed by atoms with Crippen LogP contribution in [0.4, 0.5) is 0 Å². The van der Waals surface area contributed by atoms with E-state index in [1.807, 2.05) is 0 Å². The first-order valence-electron chi connectivity index (χ1n) is 7.28. The maximum absolute atomic E-state index is 9.78. The normalized spacial score (nSPS) is 27.0. The van der Waals surface area contributed by atoms with Crippen LogP contribution in [0.5, 0.6) is 0 Å². The lowest BCUT2D eigenvalue weighted by Crippen LogP contribution is -2.35. The zero-order chi connectivity index (χ0) is 12.5. The van der Waals surface area contributed by atoms with Crippen LogP contribution >= 0.6 is 0 Å². The Hall–Kier alpha value is -0.120. The fraction of sp³-hybridized carbons (Fsp3) is 1.00. The van der Waals surface area contributed by atoms with Gasteiger partial charge in [0.25, 0.3) is 0 Å². The monoisotopic (exact) mass is 243 g/mol. The first-order chi connectivity index (χ1) is 8.27. The molecule has 1 aliphatic rings. The third-order valence-electron chi connectivity index (χ3n) is 3.67. The molecule has 102 valence electrons. The molecule has 0 unspecified atom stereocenters. The number of aliphatic hydroxyl groups is 1. The topological polar surface area (TPSA) is 41.5 Å². The summed E-state index contributed by atoms with van der Waals surface area (Å²) >= 11 is 0. The minimum Gasteiger partial charge on any atom is -0.389 e. The van der Waals surface area contributed by atoms with Gasteiger partial charge < -0.3 is 15.2 Å². The molecule has 0 saturated heterocycles. The van der Waals surface area contributed by atoms with E-state index < -0.39 is 0 Å². The zero-order valence-corrected chi connectivity index (χ0v) is 11.5. The first kappa shape index (κ1) is 14.9. The molecule has 2 N–H and O–H groups in total. The molecule has 0 aromatic heterocycles. The van der Waals surface area contributed by atoms with Crippen LogP contribution in [-0.4, -0.2) is 37.0 Å². The minimum absolute atomic E-state index is 0.360. The van der Waals surface area contributed by atoms with Crippen molar-refractivity contribution in [2.45, 2.75) is 64.6 Å². The molecular formula is C14H29NO2. The number of hydrogen-bond donors (Lipinski definition) is 2. The smallest absolute Gasteiger partial charge is 0.0897 e. The van der Waals surface area contributed by atoms with E-state index in [-0.39, 0.29) is 6.10 Å². The van der Waals surface area contributed by atoms with Crippen LogP contribution in [0.2, 0.25) is 0 Å². The molecule has 0 amide bonds. The van der Waals surface area contributed by atoms with Gasteiger partial charge in [0.1, 0.15) is 0 Å². The molecule has 0 aromatic carbocycles.